The molecule has 0 unspecified atom stereocenters. The van der Waals surface area contributed by atoms with Gasteiger partial charge in [0.1, 0.15) is 12.0 Å². The zero-order valence-corrected chi connectivity index (χ0v) is 11.3. The largest absolute Gasteiger partial charge is 0.373 e. The summed E-state index contributed by atoms with van der Waals surface area (Å²) in [5.41, 5.74) is 0.614. The van der Waals surface area contributed by atoms with E-state index in [1.807, 2.05) is 6.07 Å². The molecule has 2 heterocycles. The lowest BCUT2D eigenvalue weighted by Crippen LogP contribution is -2.08. The van der Waals surface area contributed by atoms with Crippen molar-refractivity contribution in [2.75, 3.05) is 17.7 Å². The molecule has 0 fully saturated rings. The lowest BCUT2D eigenvalue weighted by atomic mass is 10.2. The summed E-state index contributed by atoms with van der Waals surface area (Å²) in [6.45, 7) is 0.318. The maximum atomic E-state index is 10.9. The third-order valence-corrected chi connectivity index (χ3v) is 2.69. The minimum Gasteiger partial charge on any atom is -0.373 e. The smallest absolute Gasteiger partial charge is 0.329 e. The SMILES string of the molecule is CNc1ncccc1CNc1nc(Cl)ncc1[N+](=O)[O-]. The molecule has 9 heteroatoms. The molecule has 104 valence electrons. The number of nitro groups is 1. The van der Waals surface area contributed by atoms with Crippen molar-refractivity contribution in [1.82, 2.24) is 15.0 Å². The van der Waals surface area contributed by atoms with Crippen LogP contribution in [0, 0.1) is 10.1 Å². The average Bonchev–Trinajstić information content (AvgIpc) is 2.45. The van der Waals surface area contributed by atoms with Gasteiger partial charge in [-0.25, -0.2) is 9.97 Å². The zero-order valence-electron chi connectivity index (χ0n) is 10.5. The quantitative estimate of drug-likeness (QED) is 0.494. The van der Waals surface area contributed by atoms with Crippen LogP contribution < -0.4 is 10.6 Å². The summed E-state index contributed by atoms with van der Waals surface area (Å²) in [5.74, 6) is 0.753. The van der Waals surface area contributed by atoms with E-state index in [1.165, 1.54) is 0 Å². The normalized spacial score (nSPS) is 10.1. The molecule has 0 atom stereocenters. The van der Waals surface area contributed by atoms with Crippen molar-refractivity contribution in [3.63, 3.8) is 0 Å². The standard InChI is InChI=1S/C11H11ClN6O2/c1-13-9-7(3-2-4-14-9)5-15-10-8(18(19)20)6-16-11(12)17-10/h2-4,6H,5H2,1H3,(H,13,14)(H,15,16,17). The molecule has 0 saturated heterocycles. The van der Waals surface area contributed by atoms with Crippen molar-refractivity contribution in [2.24, 2.45) is 0 Å². The number of anilines is 2. The van der Waals surface area contributed by atoms with Gasteiger partial charge in [0.05, 0.1) is 4.92 Å². The monoisotopic (exact) mass is 294 g/mol. The molecule has 8 nitrogen and oxygen atoms in total. The van der Waals surface area contributed by atoms with Gasteiger partial charge in [-0.2, -0.15) is 4.98 Å². The maximum Gasteiger partial charge on any atom is 0.329 e. The van der Waals surface area contributed by atoms with Gasteiger partial charge in [-0.3, -0.25) is 10.1 Å². The van der Waals surface area contributed by atoms with Crippen LogP contribution >= 0.6 is 11.6 Å². The van der Waals surface area contributed by atoms with E-state index in [2.05, 4.69) is 25.6 Å². The molecular weight excluding hydrogens is 284 g/mol. The Bertz CT molecular complexity index is 636. The summed E-state index contributed by atoms with van der Waals surface area (Å²) in [5, 5.41) is 16.6. The highest BCUT2D eigenvalue weighted by molar-refractivity contribution is 6.28. The number of rotatable bonds is 5. The first-order valence-electron chi connectivity index (χ1n) is 5.64. The molecule has 0 bridgehead atoms. The second-order valence-electron chi connectivity index (χ2n) is 3.74. The summed E-state index contributed by atoms with van der Waals surface area (Å²) < 4.78 is 0. The minimum absolute atomic E-state index is 0.0573. The fourth-order valence-corrected chi connectivity index (χ4v) is 1.74. The Morgan fingerprint density at radius 2 is 2.20 bits per heavy atom. The van der Waals surface area contributed by atoms with Crippen LogP contribution in [0.5, 0.6) is 0 Å². The van der Waals surface area contributed by atoms with E-state index in [4.69, 9.17) is 11.6 Å². The van der Waals surface area contributed by atoms with Crippen LogP contribution in [0.3, 0.4) is 0 Å². The molecule has 2 N–H and O–H groups in total. The van der Waals surface area contributed by atoms with Crippen LogP contribution in [-0.2, 0) is 6.54 Å². The average molecular weight is 295 g/mol. The first-order chi connectivity index (χ1) is 9.61. The van der Waals surface area contributed by atoms with Crippen molar-refractivity contribution in [1.29, 1.82) is 0 Å². The number of halogens is 1. The molecular formula is C11H11ClN6O2. The third kappa shape index (κ3) is 3.09. The molecule has 0 saturated carbocycles. The molecule has 0 aliphatic carbocycles. The Balaban J connectivity index is 2.22. The lowest BCUT2D eigenvalue weighted by Gasteiger charge is -2.09. The van der Waals surface area contributed by atoms with E-state index in [-0.39, 0.29) is 16.8 Å². The summed E-state index contributed by atoms with van der Waals surface area (Å²) in [4.78, 5) is 21.9. The van der Waals surface area contributed by atoms with Gasteiger partial charge in [-0.15, -0.1) is 0 Å². The summed E-state index contributed by atoms with van der Waals surface area (Å²) in [6, 6.07) is 3.62. The highest BCUT2D eigenvalue weighted by Crippen LogP contribution is 2.23. The molecule has 20 heavy (non-hydrogen) atoms. The second-order valence-corrected chi connectivity index (χ2v) is 4.08. The van der Waals surface area contributed by atoms with Gasteiger partial charge in [-0.1, -0.05) is 6.07 Å². The van der Waals surface area contributed by atoms with Crippen molar-refractivity contribution in [3.8, 4) is 0 Å². The first kappa shape index (κ1) is 13.9. The van der Waals surface area contributed by atoms with Crippen molar-refractivity contribution in [3.05, 3.63) is 45.5 Å². The van der Waals surface area contributed by atoms with E-state index in [0.29, 0.717) is 12.4 Å². The maximum absolute atomic E-state index is 10.9. The Morgan fingerprint density at radius 3 is 2.90 bits per heavy atom. The summed E-state index contributed by atoms with van der Waals surface area (Å²) >= 11 is 5.65. The number of aromatic nitrogens is 3. The Morgan fingerprint density at radius 1 is 1.40 bits per heavy atom. The topological polar surface area (TPSA) is 106 Å². The molecule has 0 spiro atoms. The minimum atomic E-state index is -0.569. The van der Waals surface area contributed by atoms with Gasteiger partial charge in [0, 0.05) is 25.4 Å². The van der Waals surface area contributed by atoms with Crippen LogP contribution in [0.1, 0.15) is 5.56 Å². The molecule has 0 aliphatic rings. The van der Waals surface area contributed by atoms with Crippen molar-refractivity contribution >= 4 is 28.9 Å². The van der Waals surface area contributed by atoms with Crippen molar-refractivity contribution < 1.29 is 4.92 Å². The Hall–Kier alpha value is -2.48. The van der Waals surface area contributed by atoms with Gasteiger partial charge in [0.15, 0.2) is 0 Å². The van der Waals surface area contributed by atoms with Crippen LogP contribution in [0.25, 0.3) is 0 Å². The Labute approximate surface area is 119 Å². The number of pyridine rings is 1. The lowest BCUT2D eigenvalue weighted by molar-refractivity contribution is -0.384. The molecule has 2 aromatic heterocycles. The molecule has 0 radical (unpaired) electrons. The van der Waals surface area contributed by atoms with Crippen LogP contribution in [0.4, 0.5) is 17.3 Å². The number of hydrogen-bond acceptors (Lipinski definition) is 7. The first-order valence-corrected chi connectivity index (χ1v) is 6.02. The highest BCUT2D eigenvalue weighted by atomic mass is 35.5. The predicted octanol–water partition coefficient (Wildman–Crippen LogP) is 2.09. The zero-order chi connectivity index (χ0) is 14.5. The van der Waals surface area contributed by atoms with Gasteiger partial charge >= 0.3 is 5.69 Å². The van der Waals surface area contributed by atoms with Crippen LogP contribution in [0.15, 0.2) is 24.5 Å². The third-order valence-electron chi connectivity index (χ3n) is 2.51. The Kier molecular flexibility index (Phi) is 4.26. The molecule has 2 aromatic rings. The summed E-state index contributed by atoms with van der Waals surface area (Å²) in [7, 11) is 1.75. The fourth-order valence-electron chi connectivity index (χ4n) is 1.60. The summed E-state index contributed by atoms with van der Waals surface area (Å²) in [6.07, 6.45) is 2.72. The van der Waals surface area contributed by atoms with E-state index in [9.17, 15) is 10.1 Å². The fraction of sp³-hybridized carbons (Fsp3) is 0.182. The van der Waals surface area contributed by atoms with E-state index < -0.39 is 4.92 Å². The predicted molar refractivity (Wildman–Crippen MR) is 74.8 cm³/mol. The van der Waals surface area contributed by atoms with E-state index in [1.54, 1.807) is 19.3 Å². The van der Waals surface area contributed by atoms with Gasteiger partial charge < -0.3 is 10.6 Å². The second kappa shape index (κ2) is 6.11. The number of nitrogens with zero attached hydrogens (tertiary/aromatic N) is 4. The highest BCUT2D eigenvalue weighted by Gasteiger charge is 2.16. The number of nitrogens with one attached hydrogen (secondary N) is 2. The van der Waals surface area contributed by atoms with Crippen molar-refractivity contribution in [2.45, 2.75) is 6.54 Å². The molecule has 0 aromatic carbocycles. The number of hydrogen-bond donors (Lipinski definition) is 2. The van der Waals surface area contributed by atoms with Gasteiger partial charge in [0.2, 0.25) is 11.1 Å². The van der Waals surface area contributed by atoms with Crippen LogP contribution in [0.2, 0.25) is 5.28 Å². The molecule has 0 aliphatic heterocycles. The van der Waals surface area contributed by atoms with E-state index >= 15 is 0 Å². The van der Waals surface area contributed by atoms with Gasteiger partial charge in [0.25, 0.3) is 0 Å². The molecule has 0 amide bonds. The van der Waals surface area contributed by atoms with E-state index in [0.717, 1.165) is 11.8 Å². The van der Waals surface area contributed by atoms with Crippen LogP contribution in [-0.4, -0.2) is 26.9 Å². The van der Waals surface area contributed by atoms with Gasteiger partial charge in [-0.05, 0) is 17.7 Å². The molecule has 2 rings (SSSR count).